The first-order valence-electron chi connectivity index (χ1n) is 11.0. The number of aliphatic hydroxyl groups is 1. The van der Waals surface area contributed by atoms with Crippen LogP contribution in [-0.2, 0) is 21.0 Å². The number of alkyl halides is 3. The number of Topliss-reactive ketones (excluding diaryl/α,β-unsaturated/α-hetero) is 1. The molecule has 0 saturated heterocycles. The number of sulfonamides is 1. The highest BCUT2D eigenvalue weighted by Gasteiger charge is 2.43. The minimum atomic E-state index is -4.64. The number of hydrogen-bond donors (Lipinski definition) is 3. The topological polar surface area (TPSA) is 116 Å². The monoisotopic (exact) mass is 583 g/mol. The van der Waals surface area contributed by atoms with Gasteiger partial charge in [0.15, 0.2) is 5.76 Å². The lowest BCUT2D eigenvalue weighted by molar-refractivity contribution is -0.137. The zero-order valence-electron chi connectivity index (χ0n) is 19.8. The lowest BCUT2D eigenvalue weighted by atomic mass is 10.0. The maximum atomic E-state index is 13.7. The summed E-state index contributed by atoms with van der Waals surface area (Å²) < 4.78 is 79.9. The molecule has 8 nitrogen and oxygen atoms in total. The number of amides is 1. The normalized spacial score (nSPS) is 15.9. The fourth-order valence-corrected chi connectivity index (χ4v) is 5.63. The maximum Gasteiger partial charge on any atom is 0.416 e. The number of nitrogens with one attached hydrogen (secondary N) is 2. The van der Waals surface area contributed by atoms with Gasteiger partial charge in [0.05, 0.1) is 10.6 Å². The summed E-state index contributed by atoms with van der Waals surface area (Å²) >= 11 is 5.79. The van der Waals surface area contributed by atoms with Gasteiger partial charge in [-0.25, -0.2) is 17.1 Å². The Morgan fingerprint density at radius 3 is 2.26 bits per heavy atom. The molecular formula is C25H18ClF4N3O5S. The van der Waals surface area contributed by atoms with E-state index in [1.54, 1.807) is 0 Å². The van der Waals surface area contributed by atoms with E-state index in [0.29, 0.717) is 9.99 Å². The predicted octanol–water partition coefficient (Wildman–Crippen LogP) is 5.29. The Morgan fingerprint density at radius 2 is 1.67 bits per heavy atom. The van der Waals surface area contributed by atoms with Crippen LogP contribution in [0.2, 0.25) is 5.02 Å². The highest BCUT2D eigenvalue weighted by atomic mass is 35.5. The van der Waals surface area contributed by atoms with Gasteiger partial charge in [-0.05, 0) is 60.7 Å². The van der Waals surface area contributed by atoms with Crippen molar-refractivity contribution in [3.8, 4) is 0 Å². The molecule has 39 heavy (non-hydrogen) atoms. The van der Waals surface area contributed by atoms with E-state index in [2.05, 4.69) is 10.6 Å². The molecule has 3 N–H and O–H groups in total. The summed E-state index contributed by atoms with van der Waals surface area (Å²) in [5, 5.41) is 15.6. The number of fused-ring (bicyclic) bond motifs is 1. The highest BCUT2D eigenvalue weighted by Crippen LogP contribution is 2.37. The first kappa shape index (κ1) is 27.9. The summed E-state index contributed by atoms with van der Waals surface area (Å²) in [6.07, 6.45) is -4.61. The Kier molecular flexibility index (Phi) is 7.32. The van der Waals surface area contributed by atoms with E-state index < -0.39 is 67.2 Å². The van der Waals surface area contributed by atoms with Crippen LogP contribution < -0.4 is 10.6 Å². The smallest absolute Gasteiger partial charge is 0.416 e. The summed E-state index contributed by atoms with van der Waals surface area (Å²) in [6, 6.07) is 10.1. The lowest BCUT2D eigenvalue weighted by Crippen LogP contribution is -2.44. The molecule has 1 aliphatic rings. The molecule has 0 saturated carbocycles. The molecule has 204 valence electrons. The number of hydrogen-bond acceptors (Lipinski definition) is 6. The number of halogens is 5. The Labute approximate surface area is 224 Å². The van der Waals surface area contributed by atoms with Gasteiger partial charge in [0.2, 0.25) is 11.7 Å². The zero-order valence-corrected chi connectivity index (χ0v) is 21.4. The molecule has 0 aliphatic carbocycles. The number of carbonyl (C=O) groups excluding carboxylic acids is 2. The fraction of sp³-hybridized carbons (Fsp3) is 0.120. The van der Waals surface area contributed by atoms with E-state index in [0.717, 1.165) is 42.5 Å². The minimum Gasteiger partial charge on any atom is -0.505 e. The zero-order chi connectivity index (χ0) is 28.7. The molecule has 3 aromatic rings. The van der Waals surface area contributed by atoms with E-state index in [4.69, 9.17) is 11.6 Å². The first-order chi connectivity index (χ1) is 18.2. The quantitative estimate of drug-likeness (QED) is 0.213. The van der Waals surface area contributed by atoms with Crippen molar-refractivity contribution in [2.24, 2.45) is 0 Å². The predicted molar refractivity (Wildman–Crippen MR) is 135 cm³/mol. The number of carbonyl (C=O) groups is 2. The van der Waals surface area contributed by atoms with Crippen molar-refractivity contribution in [1.29, 1.82) is 0 Å². The molecule has 1 heterocycles. The van der Waals surface area contributed by atoms with Crippen LogP contribution in [0.1, 0.15) is 21.5 Å². The van der Waals surface area contributed by atoms with Gasteiger partial charge in [-0.1, -0.05) is 11.6 Å². The molecule has 4 rings (SSSR count). The van der Waals surface area contributed by atoms with Gasteiger partial charge in [0, 0.05) is 29.5 Å². The SMILES string of the molecule is CNc1ccc2c(c1)S(=O)(=O)N(CC(=O)Nc1ccc(C(F)(F)F)cc1)/C(=C(/O)c1ccc(F)c(Cl)c1)C2=O. The molecule has 14 heteroatoms. The second-order valence-corrected chi connectivity index (χ2v) is 10.5. The molecule has 0 bridgehead atoms. The van der Waals surface area contributed by atoms with E-state index in [9.17, 15) is 40.7 Å². The van der Waals surface area contributed by atoms with Crippen LogP contribution in [0.25, 0.3) is 5.76 Å². The molecule has 3 aromatic carbocycles. The number of rotatable bonds is 5. The Morgan fingerprint density at radius 1 is 1.03 bits per heavy atom. The Balaban J connectivity index is 1.79. The average Bonchev–Trinajstić information content (AvgIpc) is 2.88. The van der Waals surface area contributed by atoms with Crippen molar-refractivity contribution in [3.05, 3.63) is 93.9 Å². The third-order valence-corrected chi connectivity index (χ3v) is 7.82. The average molecular weight is 584 g/mol. The molecule has 0 spiro atoms. The van der Waals surface area contributed by atoms with Gasteiger partial charge in [-0.15, -0.1) is 0 Å². The molecule has 0 unspecified atom stereocenters. The van der Waals surface area contributed by atoms with Crippen LogP contribution in [0.3, 0.4) is 0 Å². The minimum absolute atomic E-state index is 0.0772. The third-order valence-electron chi connectivity index (χ3n) is 5.75. The Bertz CT molecular complexity index is 1620. The Hall–Kier alpha value is -4.10. The molecule has 1 amide bonds. The second-order valence-electron chi connectivity index (χ2n) is 8.25. The summed E-state index contributed by atoms with van der Waals surface area (Å²) in [5.74, 6) is -3.71. The van der Waals surface area contributed by atoms with Crippen molar-refractivity contribution in [2.45, 2.75) is 11.1 Å². The van der Waals surface area contributed by atoms with Gasteiger partial charge < -0.3 is 15.7 Å². The van der Waals surface area contributed by atoms with Crippen LogP contribution in [0.5, 0.6) is 0 Å². The summed E-state index contributed by atoms with van der Waals surface area (Å²) in [6.45, 7) is -1.04. The standard InChI is InChI=1S/C25H18ClF4N3O5S/c1-31-16-7-8-17-20(11-16)39(37,38)33(12-21(34)32-15-5-3-14(4-6-15)25(28,29)30)22(24(17)36)23(35)13-2-9-19(27)18(26)10-13/h2-11,31,35H,12H2,1H3,(H,32,34)/b23-22+. The van der Waals surface area contributed by atoms with Gasteiger partial charge >= 0.3 is 6.18 Å². The number of nitrogens with zero attached hydrogens (tertiary/aromatic N) is 1. The molecule has 0 fully saturated rings. The molecular weight excluding hydrogens is 566 g/mol. The molecule has 0 atom stereocenters. The molecule has 0 radical (unpaired) electrons. The van der Waals surface area contributed by atoms with Crippen LogP contribution in [0, 0.1) is 5.82 Å². The number of aliphatic hydroxyl groups excluding tert-OH is 1. The summed E-state index contributed by atoms with van der Waals surface area (Å²) in [7, 11) is -3.13. The van der Waals surface area contributed by atoms with Gasteiger partial charge in [0.25, 0.3) is 10.0 Å². The van der Waals surface area contributed by atoms with Crippen molar-refractivity contribution < 1.29 is 40.7 Å². The number of anilines is 2. The van der Waals surface area contributed by atoms with Crippen molar-refractivity contribution in [1.82, 2.24) is 4.31 Å². The summed E-state index contributed by atoms with van der Waals surface area (Å²) in [5.41, 5.74) is -2.00. The second kappa shape index (κ2) is 10.2. The largest absolute Gasteiger partial charge is 0.505 e. The van der Waals surface area contributed by atoms with E-state index in [1.807, 2.05) is 0 Å². The van der Waals surface area contributed by atoms with Crippen LogP contribution in [-0.4, -0.2) is 43.1 Å². The van der Waals surface area contributed by atoms with Crippen molar-refractivity contribution >= 4 is 50.4 Å². The highest BCUT2D eigenvalue weighted by molar-refractivity contribution is 7.89. The van der Waals surface area contributed by atoms with E-state index in [-0.39, 0.29) is 16.8 Å². The number of ketones is 1. The van der Waals surface area contributed by atoms with Crippen LogP contribution >= 0.6 is 11.6 Å². The number of allylic oxidation sites excluding steroid dienone is 1. The first-order valence-corrected chi connectivity index (χ1v) is 12.8. The summed E-state index contributed by atoms with van der Waals surface area (Å²) in [4.78, 5) is 25.9. The van der Waals surface area contributed by atoms with Crippen molar-refractivity contribution in [2.75, 3.05) is 24.2 Å². The van der Waals surface area contributed by atoms with Gasteiger partial charge in [-0.3, -0.25) is 9.59 Å². The lowest BCUT2D eigenvalue weighted by Gasteiger charge is -2.31. The molecule has 1 aliphatic heterocycles. The van der Waals surface area contributed by atoms with Crippen LogP contribution in [0.4, 0.5) is 28.9 Å². The fourth-order valence-electron chi connectivity index (χ4n) is 3.80. The van der Waals surface area contributed by atoms with Gasteiger partial charge in [0.1, 0.15) is 23.0 Å². The van der Waals surface area contributed by atoms with E-state index in [1.165, 1.54) is 25.2 Å². The number of benzene rings is 3. The maximum absolute atomic E-state index is 13.7. The van der Waals surface area contributed by atoms with E-state index >= 15 is 0 Å². The molecule has 0 aromatic heterocycles. The van der Waals surface area contributed by atoms with Gasteiger partial charge in [-0.2, -0.15) is 13.2 Å². The van der Waals surface area contributed by atoms with Crippen LogP contribution in [0.15, 0.2) is 71.3 Å². The third kappa shape index (κ3) is 5.40. The van der Waals surface area contributed by atoms with Crippen molar-refractivity contribution in [3.63, 3.8) is 0 Å².